The van der Waals surface area contributed by atoms with Gasteiger partial charge in [-0.15, -0.1) is 0 Å². The van der Waals surface area contributed by atoms with Crippen molar-refractivity contribution in [3.05, 3.63) is 70.9 Å². The monoisotopic (exact) mass is 1060 g/mol. The lowest BCUT2D eigenvalue weighted by Gasteiger charge is -2.55. The van der Waals surface area contributed by atoms with E-state index >= 15 is 0 Å². The molecule has 77 heavy (non-hydrogen) atoms. The number of nitrogens with one attached hydrogen (secondary N) is 1. The third-order valence-electron chi connectivity index (χ3n) is 24.0. The third-order valence-corrected chi connectivity index (χ3v) is 24.0. The number of hydrogen-bond acceptors (Lipinski definition) is 5. The molecule has 0 amide bonds. The molecule has 8 aliphatic rings. The number of carbonyl (C=O) groups excluding carboxylic acids is 2. The number of esters is 2. The molecule has 0 bridgehead atoms. The Morgan fingerprint density at radius 1 is 0.532 bits per heavy atom. The normalized spacial score (nSPS) is 36.6. The molecule has 7 heteroatoms. The number of nitrogens with zero attached hydrogens (tertiary/aromatic N) is 2. The zero-order chi connectivity index (χ0) is 55.9. The van der Waals surface area contributed by atoms with Gasteiger partial charge in [-0.2, -0.15) is 0 Å². The zero-order valence-corrected chi connectivity index (χ0v) is 52.3. The molecule has 0 spiro atoms. The van der Waals surface area contributed by atoms with E-state index in [1.54, 1.807) is 11.1 Å². The van der Waals surface area contributed by atoms with E-state index in [0.29, 0.717) is 92.1 Å². The molecule has 7 nitrogen and oxygen atoms in total. The molecule has 0 aromatic rings. The molecule has 0 radical (unpaired) electrons. The molecule has 0 unspecified atom stereocenters. The topological polar surface area (TPSA) is 64.6 Å². The van der Waals surface area contributed by atoms with Crippen LogP contribution in [0.2, 0.25) is 0 Å². The Labute approximate surface area is 472 Å². The Kier molecular flexibility index (Phi) is 18.8. The Morgan fingerprint density at radius 3 is 1.30 bits per heavy atom. The summed E-state index contributed by atoms with van der Waals surface area (Å²) >= 11 is 0. The predicted octanol–water partition coefficient (Wildman–Crippen LogP) is 15.3. The summed E-state index contributed by atoms with van der Waals surface area (Å²) in [5.74, 6) is 7.93. The van der Waals surface area contributed by atoms with E-state index in [1.165, 1.54) is 62.5 Å². The van der Waals surface area contributed by atoms with Crippen LogP contribution in [0, 0.1) is 92.7 Å². The van der Waals surface area contributed by atoms with E-state index in [-0.39, 0.29) is 35.0 Å². The highest BCUT2D eigenvalue weighted by molar-refractivity contribution is 5.71. The van der Waals surface area contributed by atoms with Crippen molar-refractivity contribution in [2.45, 2.75) is 198 Å². The molecule has 0 aliphatic heterocycles. The van der Waals surface area contributed by atoms with Crippen LogP contribution < -0.4 is 5.32 Å². The second-order valence-corrected chi connectivity index (χ2v) is 30.7. The minimum atomic E-state index is -0.0578. The number of ether oxygens (including phenoxy) is 2. The Bertz CT molecular complexity index is 2120. The van der Waals surface area contributed by atoms with Gasteiger partial charge in [0.2, 0.25) is 0 Å². The standard InChI is InChI=1S/C70H115N3O4/c1-47(2)49(5)19-21-51(7)59-27-29-61-57-25-23-53-43-55(31-35-67(53,9)63(57)33-37-69(59,61)11)76-65(74)45-72(13,14)41-17-39-71-40-18-42-73(15,16)46-66(75)77-56-32-36-68(10)54(44-56)24-26-58-62-30-28-60(70(62,12)38-34-64(58)68)52(8)22-20-50(6)48(3)4/h19-26,47-52,55-56,59-64,71H,17-18,27-46H2,1-16H3/q+2/t49-,50-,51+,52+,55-,56-,59+,60+,61-,62-,63-,64-,67-,68-,69+,70+/m0/s1. The first kappa shape index (κ1) is 60.4. The van der Waals surface area contributed by atoms with Gasteiger partial charge < -0.3 is 23.8 Å². The number of fused-ring (bicyclic) bond motifs is 10. The van der Waals surface area contributed by atoms with Gasteiger partial charge in [0.25, 0.3) is 0 Å². The molecule has 432 valence electrons. The maximum Gasteiger partial charge on any atom is 0.362 e. The van der Waals surface area contributed by atoms with Gasteiger partial charge in [-0.25, -0.2) is 9.59 Å². The molecule has 16 atom stereocenters. The first-order valence-electron chi connectivity index (χ1n) is 32.1. The smallest absolute Gasteiger partial charge is 0.362 e. The van der Waals surface area contributed by atoms with Crippen molar-refractivity contribution in [3.63, 3.8) is 0 Å². The van der Waals surface area contributed by atoms with Crippen LogP contribution in [0.25, 0.3) is 0 Å². The van der Waals surface area contributed by atoms with Crippen molar-refractivity contribution in [2.75, 3.05) is 67.5 Å². The number of hydrogen-bond donors (Lipinski definition) is 1. The SMILES string of the molecule is CC(C)[C@@H](C)C=C[C@@H](C)[C@H]1CC[C@H]2C3=CC=C4C[C@@H](OC(=O)C[N+](C)(C)CCCNCCC[N+](C)(C)CC(=O)O[C@H]5CC[C@@]6(C)C(=CC=C7[C@@H]8CC[C@H]([C@H](C)C=C[C@H](C)C(C)C)[C@@]8(C)CC[C@@H]76)C5)CC[C@]4(C)[C@H]3CC[C@]12C. The second-order valence-electron chi connectivity index (χ2n) is 30.7. The highest BCUT2D eigenvalue weighted by Gasteiger charge is 2.59. The largest absolute Gasteiger partial charge is 0.458 e. The average molecular weight is 1060 g/mol. The molecule has 6 saturated carbocycles. The third kappa shape index (κ3) is 13.0. The van der Waals surface area contributed by atoms with Crippen LogP contribution in [0.1, 0.15) is 186 Å². The van der Waals surface area contributed by atoms with Crippen LogP contribution in [0.5, 0.6) is 0 Å². The Morgan fingerprint density at radius 2 is 0.922 bits per heavy atom. The molecule has 0 aromatic carbocycles. The summed E-state index contributed by atoms with van der Waals surface area (Å²) in [4.78, 5) is 27.0. The number of rotatable bonds is 22. The number of likely N-dealkylation sites (N-methyl/N-ethyl adjacent to an activating group) is 2. The number of allylic oxidation sites excluding steroid dienone is 10. The number of quaternary nitrogens is 2. The van der Waals surface area contributed by atoms with E-state index in [9.17, 15) is 9.59 Å². The van der Waals surface area contributed by atoms with Gasteiger partial charge in [-0.1, -0.05) is 154 Å². The molecule has 0 saturated heterocycles. The van der Waals surface area contributed by atoms with E-state index in [2.05, 4.69) is 165 Å². The van der Waals surface area contributed by atoms with Gasteiger partial charge in [0.1, 0.15) is 12.2 Å². The lowest BCUT2D eigenvalue weighted by molar-refractivity contribution is -0.883. The minimum absolute atomic E-state index is 0.0207. The van der Waals surface area contributed by atoms with Gasteiger partial charge in [0, 0.05) is 38.8 Å². The summed E-state index contributed by atoms with van der Waals surface area (Å²) in [6, 6.07) is 0. The lowest BCUT2D eigenvalue weighted by atomic mass is 9.50. The molecule has 6 fully saturated rings. The molecule has 1 N–H and O–H groups in total. The zero-order valence-electron chi connectivity index (χ0n) is 52.3. The second kappa shape index (κ2) is 24.0. The quantitative estimate of drug-likeness (QED) is 0.0507. The fraction of sp³-hybridized carbons (Fsp3) is 0.800. The van der Waals surface area contributed by atoms with Gasteiger partial charge in [-0.3, -0.25) is 0 Å². The lowest BCUT2D eigenvalue weighted by Crippen LogP contribution is -2.48. The fourth-order valence-corrected chi connectivity index (χ4v) is 18.1. The highest BCUT2D eigenvalue weighted by Crippen LogP contribution is 2.68. The first-order valence-corrected chi connectivity index (χ1v) is 32.1. The molecule has 0 aromatic heterocycles. The molecular formula is C70H115N3O4+2. The van der Waals surface area contributed by atoms with Crippen LogP contribution >= 0.6 is 0 Å². The molecule has 8 rings (SSSR count). The maximum absolute atomic E-state index is 13.5. The van der Waals surface area contributed by atoms with Gasteiger partial charge >= 0.3 is 11.9 Å². The van der Waals surface area contributed by atoms with Crippen LogP contribution in [0.15, 0.2) is 70.9 Å². The van der Waals surface area contributed by atoms with Crippen LogP contribution in [-0.2, 0) is 19.1 Å². The van der Waals surface area contributed by atoms with E-state index in [4.69, 9.17) is 9.47 Å². The first-order chi connectivity index (χ1) is 36.2. The average Bonchev–Trinajstić information content (AvgIpc) is 3.96. The van der Waals surface area contributed by atoms with Gasteiger partial charge in [0.15, 0.2) is 13.1 Å². The molecule has 8 aliphatic carbocycles. The van der Waals surface area contributed by atoms with Gasteiger partial charge in [0.05, 0.1) is 41.3 Å². The van der Waals surface area contributed by atoms with Crippen molar-refractivity contribution in [3.8, 4) is 0 Å². The molecular weight excluding hydrogens is 947 g/mol. The van der Waals surface area contributed by atoms with Crippen LogP contribution in [0.3, 0.4) is 0 Å². The van der Waals surface area contributed by atoms with Crippen molar-refractivity contribution in [1.29, 1.82) is 0 Å². The van der Waals surface area contributed by atoms with Gasteiger partial charge in [-0.05, 0) is 170 Å². The summed E-state index contributed by atoms with van der Waals surface area (Å²) < 4.78 is 13.9. The summed E-state index contributed by atoms with van der Waals surface area (Å²) in [5.41, 5.74) is 7.66. The predicted molar refractivity (Wildman–Crippen MR) is 320 cm³/mol. The molecule has 0 heterocycles. The maximum atomic E-state index is 13.5. The summed E-state index contributed by atoms with van der Waals surface area (Å²) in [6.45, 7) is 33.8. The highest BCUT2D eigenvalue weighted by atomic mass is 16.5. The van der Waals surface area contributed by atoms with Crippen molar-refractivity contribution >= 4 is 11.9 Å². The Balaban J connectivity index is 0.718. The van der Waals surface area contributed by atoms with E-state index < -0.39 is 0 Å². The fourth-order valence-electron chi connectivity index (χ4n) is 18.1. The van der Waals surface area contributed by atoms with Crippen molar-refractivity contribution in [2.24, 2.45) is 92.7 Å². The van der Waals surface area contributed by atoms with Crippen LogP contribution in [0.4, 0.5) is 0 Å². The summed E-state index contributed by atoms with van der Waals surface area (Å²) in [5, 5.41) is 3.65. The number of carbonyl (C=O) groups is 2. The summed E-state index contributed by atoms with van der Waals surface area (Å²) in [6.07, 6.45) is 38.6. The minimum Gasteiger partial charge on any atom is -0.458 e. The van der Waals surface area contributed by atoms with E-state index in [0.717, 1.165) is 89.4 Å². The summed E-state index contributed by atoms with van der Waals surface area (Å²) in [7, 11) is 8.66. The Hall–Kier alpha value is -2.74. The van der Waals surface area contributed by atoms with Crippen molar-refractivity contribution in [1.82, 2.24) is 5.32 Å². The van der Waals surface area contributed by atoms with Crippen molar-refractivity contribution < 1.29 is 28.0 Å². The van der Waals surface area contributed by atoms with E-state index in [1.807, 2.05) is 0 Å². The van der Waals surface area contributed by atoms with Crippen LogP contribution in [-0.4, -0.2) is 101 Å².